The lowest BCUT2D eigenvalue weighted by atomic mass is 10.1. The minimum absolute atomic E-state index is 0.0493. The molecule has 26 heavy (non-hydrogen) atoms. The first-order valence-electron chi connectivity index (χ1n) is 8.69. The Labute approximate surface area is 158 Å². The van der Waals surface area contributed by atoms with Crippen molar-refractivity contribution in [3.05, 3.63) is 59.1 Å². The van der Waals surface area contributed by atoms with Gasteiger partial charge in [-0.1, -0.05) is 23.7 Å². The minimum Gasteiger partial charge on any atom is -0.484 e. The zero-order chi connectivity index (χ0) is 18.4. The Bertz CT molecular complexity index is 784. The van der Waals surface area contributed by atoms with Crippen LogP contribution in [0, 0.1) is 0 Å². The van der Waals surface area contributed by atoms with Crippen molar-refractivity contribution >= 4 is 28.9 Å². The van der Waals surface area contributed by atoms with Crippen LogP contribution in [0.2, 0.25) is 5.02 Å². The number of anilines is 1. The predicted molar refractivity (Wildman–Crippen MR) is 105 cm³/mol. The first-order chi connectivity index (χ1) is 12.6. The van der Waals surface area contributed by atoms with Crippen molar-refractivity contribution in [3.8, 4) is 5.75 Å². The first kappa shape index (κ1) is 18.3. The maximum absolute atomic E-state index is 12.0. The monoisotopic (exact) mass is 371 g/mol. The number of halogens is 1. The Morgan fingerprint density at radius 3 is 2.54 bits per heavy atom. The van der Waals surface area contributed by atoms with Gasteiger partial charge in [0.15, 0.2) is 6.61 Å². The summed E-state index contributed by atoms with van der Waals surface area (Å²) in [4.78, 5) is 13.9. The average Bonchev–Trinajstić information content (AvgIpc) is 3.20. The number of hydrazone groups is 1. The van der Waals surface area contributed by atoms with E-state index in [4.69, 9.17) is 16.3 Å². The van der Waals surface area contributed by atoms with Crippen LogP contribution < -0.4 is 10.2 Å². The number of nitrogens with one attached hydrogen (secondary N) is 1. The first-order valence-corrected chi connectivity index (χ1v) is 9.07. The SMILES string of the molecule is CC(=NNc1ccccc1Cl)c1ccc(OCC(=O)N2CCCC2)cc1. The zero-order valence-electron chi connectivity index (χ0n) is 14.7. The number of hydrogen-bond acceptors (Lipinski definition) is 4. The smallest absolute Gasteiger partial charge is 0.260 e. The molecule has 5 nitrogen and oxygen atoms in total. The van der Waals surface area contributed by atoms with Crippen LogP contribution in [0.1, 0.15) is 25.3 Å². The van der Waals surface area contributed by atoms with E-state index in [9.17, 15) is 4.79 Å². The molecule has 1 amide bonds. The maximum Gasteiger partial charge on any atom is 0.260 e. The van der Waals surface area contributed by atoms with Crippen molar-refractivity contribution in [3.63, 3.8) is 0 Å². The Morgan fingerprint density at radius 1 is 1.15 bits per heavy atom. The molecule has 6 heteroatoms. The van der Waals surface area contributed by atoms with Crippen LogP contribution >= 0.6 is 11.6 Å². The van der Waals surface area contributed by atoms with Gasteiger partial charge < -0.3 is 9.64 Å². The number of likely N-dealkylation sites (tertiary alicyclic amines) is 1. The quantitative estimate of drug-likeness (QED) is 0.612. The maximum atomic E-state index is 12.0. The molecule has 1 aliphatic heterocycles. The number of carbonyl (C=O) groups excluding carboxylic acids is 1. The molecule has 0 spiro atoms. The molecule has 0 aliphatic carbocycles. The number of nitrogens with zero attached hydrogens (tertiary/aromatic N) is 2. The van der Waals surface area contributed by atoms with Crippen LogP contribution in [0.25, 0.3) is 0 Å². The van der Waals surface area contributed by atoms with Crippen molar-refractivity contribution < 1.29 is 9.53 Å². The van der Waals surface area contributed by atoms with E-state index in [1.807, 2.05) is 60.4 Å². The van der Waals surface area contributed by atoms with Gasteiger partial charge >= 0.3 is 0 Å². The number of rotatable bonds is 6. The second-order valence-electron chi connectivity index (χ2n) is 6.19. The Balaban J connectivity index is 1.55. The second kappa shape index (κ2) is 8.72. The molecule has 0 saturated carbocycles. The molecule has 0 atom stereocenters. The van der Waals surface area contributed by atoms with Gasteiger partial charge in [-0.2, -0.15) is 5.10 Å². The Morgan fingerprint density at radius 2 is 1.85 bits per heavy atom. The standard InChI is InChI=1S/C20H22ClN3O2/c1-15(22-23-19-7-3-2-6-18(19)21)16-8-10-17(11-9-16)26-14-20(25)24-12-4-5-13-24/h2-3,6-11,23H,4-5,12-14H2,1H3. The summed E-state index contributed by atoms with van der Waals surface area (Å²) >= 11 is 6.10. The number of benzene rings is 2. The van der Waals surface area contributed by atoms with E-state index in [1.54, 1.807) is 0 Å². The van der Waals surface area contributed by atoms with Crippen LogP contribution in [0.4, 0.5) is 5.69 Å². The third-order valence-electron chi connectivity index (χ3n) is 4.31. The average molecular weight is 372 g/mol. The molecule has 136 valence electrons. The molecule has 3 rings (SSSR count). The summed E-state index contributed by atoms with van der Waals surface area (Å²) < 4.78 is 5.60. The van der Waals surface area contributed by atoms with E-state index < -0.39 is 0 Å². The topological polar surface area (TPSA) is 53.9 Å². The van der Waals surface area contributed by atoms with E-state index >= 15 is 0 Å². The summed E-state index contributed by atoms with van der Waals surface area (Å²) in [6.07, 6.45) is 2.17. The van der Waals surface area contributed by atoms with Gasteiger partial charge in [0, 0.05) is 13.1 Å². The number of carbonyl (C=O) groups is 1. The van der Waals surface area contributed by atoms with Gasteiger partial charge in [-0.3, -0.25) is 10.2 Å². The normalized spacial score (nSPS) is 14.4. The van der Waals surface area contributed by atoms with Crippen LogP contribution in [-0.4, -0.2) is 36.2 Å². The highest BCUT2D eigenvalue weighted by Crippen LogP contribution is 2.20. The third-order valence-corrected chi connectivity index (χ3v) is 4.64. The zero-order valence-corrected chi connectivity index (χ0v) is 15.5. The van der Waals surface area contributed by atoms with Crippen LogP contribution in [0.5, 0.6) is 5.75 Å². The summed E-state index contributed by atoms with van der Waals surface area (Å²) in [5.41, 5.74) is 5.51. The second-order valence-corrected chi connectivity index (χ2v) is 6.60. The van der Waals surface area contributed by atoms with Crippen molar-refractivity contribution in [2.24, 2.45) is 5.10 Å². The molecule has 0 bridgehead atoms. The van der Waals surface area contributed by atoms with E-state index in [-0.39, 0.29) is 12.5 Å². The molecule has 1 heterocycles. The lowest BCUT2D eigenvalue weighted by molar-refractivity contribution is -0.132. The predicted octanol–water partition coefficient (Wildman–Crippen LogP) is 4.18. The summed E-state index contributed by atoms with van der Waals surface area (Å²) in [5, 5.41) is 4.98. The molecular formula is C20H22ClN3O2. The summed E-state index contributed by atoms with van der Waals surface area (Å²) in [6, 6.07) is 15.0. The Kier molecular flexibility index (Phi) is 6.12. The van der Waals surface area contributed by atoms with E-state index in [2.05, 4.69) is 10.5 Å². The van der Waals surface area contributed by atoms with Gasteiger partial charge in [-0.25, -0.2) is 0 Å². The summed E-state index contributed by atoms with van der Waals surface area (Å²) in [6.45, 7) is 3.68. The molecule has 1 fully saturated rings. The molecule has 1 saturated heterocycles. The third kappa shape index (κ3) is 4.76. The Hall–Kier alpha value is -2.53. The fraction of sp³-hybridized carbons (Fsp3) is 0.300. The lowest BCUT2D eigenvalue weighted by Crippen LogP contribution is -2.32. The fourth-order valence-corrected chi connectivity index (χ4v) is 2.93. The molecule has 2 aromatic rings. The van der Waals surface area contributed by atoms with E-state index in [0.717, 1.165) is 42.9 Å². The van der Waals surface area contributed by atoms with Crippen LogP contribution in [0.3, 0.4) is 0 Å². The lowest BCUT2D eigenvalue weighted by Gasteiger charge is -2.15. The van der Waals surface area contributed by atoms with Crippen LogP contribution in [0.15, 0.2) is 53.6 Å². The number of hydrogen-bond donors (Lipinski definition) is 1. The fourth-order valence-electron chi connectivity index (χ4n) is 2.76. The van der Waals surface area contributed by atoms with E-state index in [1.165, 1.54) is 0 Å². The number of ether oxygens (including phenoxy) is 1. The van der Waals surface area contributed by atoms with E-state index in [0.29, 0.717) is 10.8 Å². The van der Waals surface area contributed by atoms with Gasteiger partial charge in [0.05, 0.1) is 16.4 Å². The summed E-state index contributed by atoms with van der Waals surface area (Å²) in [5.74, 6) is 0.724. The molecule has 0 radical (unpaired) electrons. The molecular weight excluding hydrogens is 350 g/mol. The summed E-state index contributed by atoms with van der Waals surface area (Å²) in [7, 11) is 0. The minimum atomic E-state index is 0.0493. The number of amides is 1. The largest absolute Gasteiger partial charge is 0.484 e. The van der Waals surface area contributed by atoms with Gasteiger partial charge in [0.2, 0.25) is 0 Å². The molecule has 0 aromatic heterocycles. The molecule has 1 N–H and O–H groups in total. The highest BCUT2D eigenvalue weighted by Gasteiger charge is 2.18. The van der Waals surface area contributed by atoms with Gasteiger partial charge in [0.25, 0.3) is 5.91 Å². The molecule has 1 aliphatic rings. The molecule has 2 aromatic carbocycles. The molecule has 0 unspecified atom stereocenters. The number of para-hydroxylation sites is 1. The van der Waals surface area contributed by atoms with Crippen molar-refractivity contribution in [1.82, 2.24) is 4.90 Å². The highest BCUT2D eigenvalue weighted by atomic mass is 35.5. The van der Waals surface area contributed by atoms with Crippen molar-refractivity contribution in [1.29, 1.82) is 0 Å². The van der Waals surface area contributed by atoms with Crippen molar-refractivity contribution in [2.75, 3.05) is 25.1 Å². The van der Waals surface area contributed by atoms with Crippen LogP contribution in [-0.2, 0) is 4.79 Å². The van der Waals surface area contributed by atoms with Gasteiger partial charge in [0.1, 0.15) is 5.75 Å². The van der Waals surface area contributed by atoms with Gasteiger partial charge in [-0.05, 0) is 61.7 Å². The van der Waals surface area contributed by atoms with Gasteiger partial charge in [-0.15, -0.1) is 0 Å². The highest BCUT2D eigenvalue weighted by molar-refractivity contribution is 6.33. The van der Waals surface area contributed by atoms with Crippen molar-refractivity contribution in [2.45, 2.75) is 19.8 Å².